The molecule has 0 rings (SSSR count). The second-order valence-corrected chi connectivity index (χ2v) is 2.26. The van der Waals surface area contributed by atoms with Gasteiger partial charge in [0.05, 0.1) is 0 Å². The lowest BCUT2D eigenvalue weighted by molar-refractivity contribution is 1.00. The van der Waals surface area contributed by atoms with Gasteiger partial charge in [0.25, 0.3) is 0 Å². The quantitative estimate of drug-likeness (QED) is 0.459. The van der Waals surface area contributed by atoms with E-state index in [4.69, 9.17) is 17.0 Å². The van der Waals surface area contributed by atoms with Gasteiger partial charge in [-0.1, -0.05) is 18.5 Å². The fourth-order valence-electron chi connectivity index (χ4n) is 0.444. The topological polar surface area (TPSA) is 36.2 Å². The van der Waals surface area contributed by atoms with Crippen LogP contribution in [-0.2, 0) is 0 Å². The number of nitrogens with zero attached hydrogens (tertiary/aromatic N) is 1. The van der Waals surface area contributed by atoms with E-state index in [0.29, 0.717) is 5.17 Å². The number of rotatable bonds is 2. The average Bonchev–Trinajstić information content (AvgIpc) is 1.63. The van der Waals surface area contributed by atoms with E-state index in [2.05, 4.69) is 4.99 Å². The van der Waals surface area contributed by atoms with E-state index in [-0.39, 0.29) is 5.84 Å². The summed E-state index contributed by atoms with van der Waals surface area (Å²) in [6, 6.07) is 0. The Morgan fingerprint density at radius 3 is 2.56 bits per heavy atom. The van der Waals surface area contributed by atoms with Gasteiger partial charge in [0.1, 0.15) is 11.0 Å². The Morgan fingerprint density at radius 1 is 1.67 bits per heavy atom. The second kappa shape index (κ2) is 4.50. The third-order valence-electron chi connectivity index (χ3n) is 0.745. The van der Waals surface area contributed by atoms with Crippen LogP contribution in [0.15, 0.2) is 4.99 Å². The van der Waals surface area contributed by atoms with E-state index in [1.54, 1.807) is 6.92 Å². The molecule has 0 aromatic heterocycles. The van der Waals surface area contributed by atoms with Crippen LogP contribution in [0.3, 0.4) is 0 Å². The summed E-state index contributed by atoms with van der Waals surface area (Å²) < 4.78 is 0. The number of amidine groups is 1. The van der Waals surface area contributed by atoms with Crippen LogP contribution in [0.4, 0.5) is 0 Å². The van der Waals surface area contributed by atoms with E-state index in [0.717, 1.165) is 12.8 Å². The molecule has 3 heteroatoms. The highest BCUT2D eigenvalue weighted by molar-refractivity contribution is 6.66. The Balaban J connectivity index is 3.69. The SMILES string of the molecule is CCC/C(Cl)=N\C(C)=N. The van der Waals surface area contributed by atoms with Crippen LogP contribution in [0.2, 0.25) is 0 Å². The molecule has 1 N–H and O–H groups in total. The summed E-state index contributed by atoms with van der Waals surface area (Å²) in [7, 11) is 0. The Labute approximate surface area is 60.4 Å². The van der Waals surface area contributed by atoms with Gasteiger partial charge in [-0.05, 0) is 13.3 Å². The summed E-state index contributed by atoms with van der Waals surface area (Å²) >= 11 is 5.59. The molecule has 0 aliphatic carbocycles. The molecular formula is C6H11ClN2. The normalized spacial score (nSPS) is 11.7. The number of aliphatic imine (C=N–C) groups is 1. The Morgan fingerprint density at radius 2 is 2.22 bits per heavy atom. The van der Waals surface area contributed by atoms with E-state index in [9.17, 15) is 0 Å². The van der Waals surface area contributed by atoms with Gasteiger partial charge in [0.2, 0.25) is 0 Å². The van der Waals surface area contributed by atoms with Gasteiger partial charge in [-0.25, -0.2) is 4.99 Å². The number of hydrogen-bond donors (Lipinski definition) is 1. The van der Waals surface area contributed by atoms with Crippen molar-refractivity contribution in [2.24, 2.45) is 4.99 Å². The van der Waals surface area contributed by atoms with Crippen LogP contribution in [0.25, 0.3) is 0 Å². The van der Waals surface area contributed by atoms with Crippen LogP contribution in [0.5, 0.6) is 0 Å². The molecule has 0 saturated carbocycles. The minimum absolute atomic E-state index is 0.272. The van der Waals surface area contributed by atoms with Gasteiger partial charge in [0, 0.05) is 6.42 Å². The first-order valence-corrected chi connectivity index (χ1v) is 3.32. The summed E-state index contributed by atoms with van der Waals surface area (Å²) in [4.78, 5) is 3.73. The van der Waals surface area contributed by atoms with Crippen LogP contribution in [0.1, 0.15) is 26.7 Å². The minimum Gasteiger partial charge on any atom is -0.287 e. The molecule has 0 bridgehead atoms. The number of nitrogens with one attached hydrogen (secondary N) is 1. The van der Waals surface area contributed by atoms with Crippen LogP contribution >= 0.6 is 11.6 Å². The Kier molecular flexibility index (Phi) is 4.32. The highest BCUT2D eigenvalue weighted by Crippen LogP contribution is 1.96. The molecule has 0 saturated heterocycles. The van der Waals surface area contributed by atoms with Gasteiger partial charge in [-0.15, -0.1) is 0 Å². The highest BCUT2D eigenvalue weighted by atomic mass is 35.5. The molecule has 2 nitrogen and oxygen atoms in total. The third-order valence-corrected chi connectivity index (χ3v) is 1.02. The van der Waals surface area contributed by atoms with Crippen molar-refractivity contribution in [2.75, 3.05) is 0 Å². The first kappa shape index (κ1) is 8.63. The van der Waals surface area contributed by atoms with Crippen LogP contribution < -0.4 is 0 Å². The Hall–Kier alpha value is -0.370. The maximum atomic E-state index is 6.93. The van der Waals surface area contributed by atoms with Crippen molar-refractivity contribution in [2.45, 2.75) is 26.7 Å². The second-order valence-electron chi connectivity index (χ2n) is 1.82. The lowest BCUT2D eigenvalue weighted by Crippen LogP contribution is -1.90. The molecule has 0 radical (unpaired) electrons. The molecule has 0 unspecified atom stereocenters. The maximum absolute atomic E-state index is 6.93. The molecule has 0 aliphatic heterocycles. The zero-order chi connectivity index (χ0) is 7.28. The van der Waals surface area contributed by atoms with Crippen molar-refractivity contribution in [3.05, 3.63) is 0 Å². The zero-order valence-corrected chi connectivity index (χ0v) is 6.50. The molecule has 0 spiro atoms. The van der Waals surface area contributed by atoms with Crippen molar-refractivity contribution < 1.29 is 0 Å². The largest absolute Gasteiger partial charge is 0.287 e. The molecule has 0 aliphatic rings. The predicted molar refractivity (Wildman–Crippen MR) is 41.6 cm³/mol. The molecule has 52 valence electrons. The molecule has 0 amide bonds. The molecule has 0 heterocycles. The van der Waals surface area contributed by atoms with Crippen molar-refractivity contribution in [3.8, 4) is 0 Å². The van der Waals surface area contributed by atoms with Gasteiger partial charge in [0.15, 0.2) is 0 Å². The molecular weight excluding hydrogens is 136 g/mol. The average molecular weight is 147 g/mol. The Bertz CT molecular complexity index is 129. The summed E-state index contributed by atoms with van der Waals surface area (Å²) in [5.41, 5.74) is 0. The zero-order valence-electron chi connectivity index (χ0n) is 5.74. The van der Waals surface area contributed by atoms with Crippen LogP contribution in [0, 0.1) is 5.41 Å². The lowest BCUT2D eigenvalue weighted by atomic mass is 10.4. The molecule has 0 fully saturated rings. The first-order chi connectivity index (χ1) is 4.16. The molecule has 0 atom stereocenters. The molecule has 0 aromatic carbocycles. The third kappa shape index (κ3) is 5.50. The van der Waals surface area contributed by atoms with E-state index in [1.807, 2.05) is 6.92 Å². The lowest BCUT2D eigenvalue weighted by Gasteiger charge is -1.90. The van der Waals surface area contributed by atoms with Gasteiger partial charge < -0.3 is 0 Å². The molecule has 9 heavy (non-hydrogen) atoms. The summed E-state index contributed by atoms with van der Waals surface area (Å²) in [6.07, 6.45) is 1.76. The van der Waals surface area contributed by atoms with E-state index < -0.39 is 0 Å². The van der Waals surface area contributed by atoms with E-state index in [1.165, 1.54) is 0 Å². The fourth-order valence-corrected chi connectivity index (χ4v) is 0.760. The number of hydrogen-bond acceptors (Lipinski definition) is 1. The van der Waals surface area contributed by atoms with Gasteiger partial charge >= 0.3 is 0 Å². The smallest absolute Gasteiger partial charge is 0.118 e. The van der Waals surface area contributed by atoms with Crippen LogP contribution in [-0.4, -0.2) is 11.0 Å². The fraction of sp³-hybridized carbons (Fsp3) is 0.667. The van der Waals surface area contributed by atoms with Crippen molar-refractivity contribution >= 4 is 22.6 Å². The van der Waals surface area contributed by atoms with E-state index >= 15 is 0 Å². The van der Waals surface area contributed by atoms with Crippen molar-refractivity contribution in [3.63, 3.8) is 0 Å². The van der Waals surface area contributed by atoms with Gasteiger partial charge in [-0.2, -0.15) is 0 Å². The maximum Gasteiger partial charge on any atom is 0.118 e. The highest BCUT2D eigenvalue weighted by Gasteiger charge is 1.90. The molecule has 0 aromatic rings. The van der Waals surface area contributed by atoms with Crippen molar-refractivity contribution in [1.82, 2.24) is 0 Å². The summed E-state index contributed by atoms with van der Waals surface area (Å²) in [6.45, 7) is 3.63. The number of halogens is 1. The summed E-state index contributed by atoms with van der Waals surface area (Å²) in [5.74, 6) is 0.272. The standard InChI is InChI=1S/C6H11ClN2/c1-3-4-6(7)9-5(2)8/h8H,3-4H2,1-2H3/b8-5?,9-6+. The first-order valence-electron chi connectivity index (χ1n) is 2.95. The monoisotopic (exact) mass is 146 g/mol. The predicted octanol–water partition coefficient (Wildman–Crippen LogP) is 2.42. The summed E-state index contributed by atoms with van der Waals surface area (Å²) in [5, 5.41) is 7.46. The van der Waals surface area contributed by atoms with Gasteiger partial charge in [-0.3, -0.25) is 5.41 Å². The minimum atomic E-state index is 0.272. The van der Waals surface area contributed by atoms with Crippen molar-refractivity contribution in [1.29, 1.82) is 5.41 Å².